The van der Waals surface area contributed by atoms with Crippen molar-refractivity contribution < 1.29 is 14.9 Å². The molecule has 0 aliphatic carbocycles. The molecule has 1 heterocycles. The number of hydrazine groups is 1. The maximum absolute atomic E-state index is 11.1. The molecule has 0 bridgehead atoms. The van der Waals surface area contributed by atoms with Crippen LogP contribution in [0.3, 0.4) is 0 Å². The topological polar surface area (TPSA) is 71.1 Å². The third-order valence-corrected chi connectivity index (χ3v) is 1.73. The molecule has 0 aromatic rings. The molecular formula is C6H12ClN3O3. The summed E-state index contributed by atoms with van der Waals surface area (Å²) < 4.78 is 0. The Morgan fingerprint density at radius 1 is 1.85 bits per heavy atom. The molecule has 0 radical (unpaired) electrons. The largest absolute Gasteiger partial charge is 0.569 e. The fraction of sp³-hybridized carbons (Fsp3) is 1.00. The Bertz CT molecular complexity index is 200. The van der Waals surface area contributed by atoms with E-state index >= 15 is 0 Å². The van der Waals surface area contributed by atoms with Crippen LogP contribution in [0.15, 0.2) is 5.28 Å². The van der Waals surface area contributed by atoms with Crippen LogP contribution in [-0.2, 0) is 4.84 Å². The number of nitrogens with zero attached hydrogens (tertiary/aromatic N) is 3. The van der Waals surface area contributed by atoms with Crippen LogP contribution >= 0.6 is 11.6 Å². The van der Waals surface area contributed by atoms with Crippen LogP contribution in [-0.4, -0.2) is 39.8 Å². The van der Waals surface area contributed by atoms with Gasteiger partial charge in [-0.05, 0) is 13.3 Å². The van der Waals surface area contributed by atoms with Crippen LogP contribution in [0.25, 0.3) is 0 Å². The number of aliphatic hydroxyl groups excluding tert-OH is 1. The van der Waals surface area contributed by atoms with E-state index in [1.807, 2.05) is 0 Å². The van der Waals surface area contributed by atoms with E-state index in [1.54, 1.807) is 6.92 Å². The molecule has 0 spiro atoms. The smallest absolute Gasteiger partial charge is 0.234 e. The minimum absolute atomic E-state index is 0.285. The number of aliphatic hydroxyl groups is 1. The highest BCUT2D eigenvalue weighted by Gasteiger charge is 2.26. The molecule has 76 valence electrons. The third-order valence-electron chi connectivity index (χ3n) is 1.65. The van der Waals surface area contributed by atoms with Crippen molar-refractivity contribution >= 4 is 11.6 Å². The summed E-state index contributed by atoms with van der Waals surface area (Å²) in [4.78, 5) is 4.85. The van der Waals surface area contributed by atoms with Crippen molar-refractivity contribution in [1.82, 2.24) is 5.01 Å². The number of hydrogen-bond acceptors (Lipinski definition) is 4. The van der Waals surface area contributed by atoms with Crippen LogP contribution in [0.2, 0.25) is 0 Å². The Balaban J connectivity index is 2.38. The van der Waals surface area contributed by atoms with E-state index < -0.39 is 11.7 Å². The van der Waals surface area contributed by atoms with Crippen molar-refractivity contribution in [3.63, 3.8) is 0 Å². The van der Waals surface area contributed by atoms with Crippen LogP contribution in [0, 0.1) is 5.21 Å². The van der Waals surface area contributed by atoms with E-state index in [2.05, 4.69) is 10.1 Å². The van der Waals surface area contributed by atoms with Gasteiger partial charge in [0, 0.05) is 0 Å². The van der Waals surface area contributed by atoms with Crippen molar-refractivity contribution in [2.24, 2.45) is 5.28 Å². The third kappa shape index (κ3) is 3.23. The van der Waals surface area contributed by atoms with Gasteiger partial charge in [-0.3, -0.25) is 0 Å². The zero-order valence-electron chi connectivity index (χ0n) is 7.26. The molecule has 0 amide bonds. The number of halogens is 1. The Labute approximate surface area is 80.9 Å². The fourth-order valence-corrected chi connectivity index (χ4v) is 1.07. The van der Waals surface area contributed by atoms with Gasteiger partial charge in [0.2, 0.25) is 10.8 Å². The summed E-state index contributed by atoms with van der Waals surface area (Å²) in [6, 6.07) is 0. The second-order valence-electron chi connectivity index (χ2n) is 2.84. The highest BCUT2D eigenvalue weighted by atomic mass is 35.5. The normalized spacial score (nSPS) is 26.2. The van der Waals surface area contributed by atoms with Gasteiger partial charge in [-0.15, -0.1) is 5.01 Å². The maximum Gasteiger partial charge on any atom is 0.234 e. The molecular weight excluding hydrogens is 198 g/mol. The summed E-state index contributed by atoms with van der Waals surface area (Å²) in [7, 11) is 0. The van der Waals surface area contributed by atoms with E-state index in [-0.39, 0.29) is 6.54 Å². The Hall–Kier alpha value is -0.750. The quantitative estimate of drug-likeness (QED) is 0.317. The summed E-state index contributed by atoms with van der Waals surface area (Å²) in [6.45, 7) is 2.32. The van der Waals surface area contributed by atoms with Gasteiger partial charge in [-0.25, -0.2) is 0 Å². The van der Waals surface area contributed by atoms with Crippen molar-refractivity contribution in [3.05, 3.63) is 5.21 Å². The molecule has 13 heavy (non-hydrogen) atoms. The Morgan fingerprint density at radius 3 is 3.00 bits per heavy atom. The van der Waals surface area contributed by atoms with Gasteiger partial charge in [0.15, 0.2) is 0 Å². The minimum Gasteiger partial charge on any atom is -0.569 e. The summed E-state index contributed by atoms with van der Waals surface area (Å²) in [5.74, 6) is 0. The van der Waals surface area contributed by atoms with E-state index in [9.17, 15) is 5.21 Å². The fourth-order valence-electron chi connectivity index (χ4n) is 1.04. The summed E-state index contributed by atoms with van der Waals surface area (Å²) >= 11 is 5.41. The molecule has 1 fully saturated rings. The first kappa shape index (κ1) is 10.3. The highest BCUT2D eigenvalue weighted by molar-refractivity contribution is 6.19. The first-order valence-corrected chi connectivity index (χ1v) is 4.44. The van der Waals surface area contributed by atoms with Gasteiger partial charge in [-0.1, -0.05) is 11.6 Å². The predicted octanol–water partition coefficient (Wildman–Crippen LogP) is 0.447. The van der Waals surface area contributed by atoms with Crippen LogP contribution in [0.4, 0.5) is 0 Å². The molecule has 6 nitrogen and oxygen atoms in total. The van der Waals surface area contributed by atoms with Crippen LogP contribution < -0.4 is 0 Å². The number of alkyl halides is 1. The second kappa shape index (κ2) is 4.48. The summed E-state index contributed by atoms with van der Waals surface area (Å²) in [5, 5.41) is 24.7. The van der Waals surface area contributed by atoms with Gasteiger partial charge in [0.25, 0.3) is 0 Å². The molecule has 1 saturated heterocycles. The van der Waals surface area contributed by atoms with E-state index in [1.165, 1.54) is 5.01 Å². The zero-order chi connectivity index (χ0) is 9.84. The molecule has 1 aliphatic heterocycles. The zero-order valence-corrected chi connectivity index (χ0v) is 8.02. The van der Waals surface area contributed by atoms with Gasteiger partial charge >= 0.3 is 0 Å². The second-order valence-corrected chi connectivity index (χ2v) is 3.45. The van der Waals surface area contributed by atoms with Crippen LogP contribution in [0.1, 0.15) is 13.3 Å². The van der Waals surface area contributed by atoms with Gasteiger partial charge in [0.1, 0.15) is 6.54 Å². The molecule has 0 saturated carbocycles. The summed E-state index contributed by atoms with van der Waals surface area (Å²) in [5.41, 5.74) is -0.635. The minimum atomic E-state index is -0.635. The van der Waals surface area contributed by atoms with Gasteiger partial charge in [-0.2, -0.15) is 0 Å². The lowest BCUT2D eigenvalue weighted by molar-refractivity contribution is -0.708. The Kier molecular flexibility index (Phi) is 3.56. The lowest BCUT2D eigenvalue weighted by atomic mass is 10.3. The average Bonchev–Trinajstić information content (AvgIpc) is 2.47. The number of β-amino-alcohol motifs (C(OH)–C–C–N with tert-alkyl or cyclic N) is 1. The highest BCUT2D eigenvalue weighted by Crippen LogP contribution is 2.09. The standard InChI is InChI=1S/C6H12ClN3O3/c1-5(7)13-8-10(12)9-3-2-6(11)4-9/h5-6,11H,2-4H2,1H3/b10-8-. The van der Waals surface area contributed by atoms with Crippen LogP contribution in [0.5, 0.6) is 0 Å². The van der Waals surface area contributed by atoms with Gasteiger partial charge in [0.05, 0.1) is 17.6 Å². The summed E-state index contributed by atoms with van der Waals surface area (Å²) in [6.07, 6.45) is 0.116. The lowest BCUT2D eigenvalue weighted by Crippen LogP contribution is -2.29. The van der Waals surface area contributed by atoms with Crippen molar-refractivity contribution in [3.8, 4) is 0 Å². The first-order chi connectivity index (χ1) is 6.09. The molecule has 0 aromatic heterocycles. The average molecular weight is 210 g/mol. The molecule has 2 unspecified atom stereocenters. The molecule has 0 aromatic carbocycles. The van der Waals surface area contributed by atoms with Crippen molar-refractivity contribution in [2.75, 3.05) is 13.1 Å². The molecule has 1 aliphatic rings. The van der Waals surface area contributed by atoms with E-state index in [0.717, 1.165) is 0 Å². The SMILES string of the molecule is CC(Cl)O/N=[N+](\[O-])N1CCC(O)C1. The monoisotopic (exact) mass is 209 g/mol. The molecule has 1 N–H and O–H groups in total. The van der Waals surface area contributed by atoms with Crippen molar-refractivity contribution in [2.45, 2.75) is 25.0 Å². The number of hydrogen-bond donors (Lipinski definition) is 1. The van der Waals surface area contributed by atoms with E-state index in [4.69, 9.17) is 16.7 Å². The molecule has 1 rings (SSSR count). The number of rotatable bonds is 3. The predicted molar refractivity (Wildman–Crippen MR) is 44.7 cm³/mol. The first-order valence-electron chi connectivity index (χ1n) is 4.00. The molecule has 2 atom stereocenters. The Morgan fingerprint density at radius 2 is 2.54 bits per heavy atom. The maximum atomic E-state index is 11.1. The lowest BCUT2D eigenvalue weighted by Gasteiger charge is -2.10. The molecule has 7 heteroatoms. The van der Waals surface area contributed by atoms with Gasteiger partial charge < -0.3 is 15.2 Å². The van der Waals surface area contributed by atoms with Crippen molar-refractivity contribution in [1.29, 1.82) is 0 Å². The van der Waals surface area contributed by atoms with E-state index in [0.29, 0.717) is 17.9 Å².